The summed E-state index contributed by atoms with van der Waals surface area (Å²) < 4.78 is 10.6. The number of benzene rings is 1. The van der Waals surface area contributed by atoms with Crippen LogP contribution in [0.25, 0.3) is 0 Å². The Kier molecular flexibility index (Phi) is 6.39. The zero-order valence-corrected chi connectivity index (χ0v) is 17.7. The predicted octanol–water partition coefficient (Wildman–Crippen LogP) is 3.65. The normalized spacial score (nSPS) is 15.5. The fourth-order valence-electron chi connectivity index (χ4n) is 3.40. The van der Waals surface area contributed by atoms with Crippen LogP contribution in [0.3, 0.4) is 0 Å². The van der Waals surface area contributed by atoms with Crippen LogP contribution in [0.4, 0.5) is 11.5 Å². The van der Waals surface area contributed by atoms with Gasteiger partial charge < -0.3 is 19.3 Å². The van der Waals surface area contributed by atoms with E-state index in [1.54, 1.807) is 14.2 Å². The molecule has 1 aromatic heterocycles. The molecular weight excluding hydrogens is 352 g/mol. The van der Waals surface area contributed by atoms with Crippen LogP contribution in [0.2, 0.25) is 0 Å². The molecule has 1 aromatic carbocycles. The SMILES string of the molecule is COCc1cc(N2CCCN(c3ccc(OC)cc3)CC2)nc(C(C)(C)C)n1. The van der Waals surface area contributed by atoms with E-state index in [0.29, 0.717) is 6.61 Å². The van der Waals surface area contributed by atoms with Crippen LogP contribution in [-0.4, -0.2) is 50.4 Å². The summed E-state index contributed by atoms with van der Waals surface area (Å²) in [6.07, 6.45) is 1.08. The number of hydrogen-bond acceptors (Lipinski definition) is 6. The molecule has 0 spiro atoms. The second-order valence-corrected chi connectivity index (χ2v) is 8.25. The fraction of sp³-hybridized carbons (Fsp3) is 0.545. The number of ether oxygens (including phenoxy) is 2. The lowest BCUT2D eigenvalue weighted by Gasteiger charge is -2.26. The molecule has 0 saturated carbocycles. The number of nitrogens with zero attached hydrogens (tertiary/aromatic N) is 4. The molecule has 0 bridgehead atoms. The topological polar surface area (TPSA) is 50.7 Å². The van der Waals surface area contributed by atoms with Gasteiger partial charge in [0.15, 0.2) is 0 Å². The minimum Gasteiger partial charge on any atom is -0.497 e. The Labute approximate surface area is 168 Å². The van der Waals surface area contributed by atoms with Gasteiger partial charge in [-0.15, -0.1) is 0 Å². The van der Waals surface area contributed by atoms with E-state index in [4.69, 9.17) is 19.4 Å². The minimum atomic E-state index is -0.0977. The Morgan fingerprint density at radius 2 is 1.61 bits per heavy atom. The summed E-state index contributed by atoms with van der Waals surface area (Å²) >= 11 is 0. The highest BCUT2D eigenvalue weighted by Crippen LogP contribution is 2.25. The standard InChI is InChI=1S/C22H32N4O2/c1-22(2,3)21-23-17(16-27-4)15-20(24-21)26-12-6-11-25(13-14-26)18-7-9-19(28-5)10-8-18/h7-10,15H,6,11-14,16H2,1-5H3. The summed E-state index contributed by atoms with van der Waals surface area (Å²) in [4.78, 5) is 14.4. The largest absolute Gasteiger partial charge is 0.497 e. The van der Waals surface area contributed by atoms with Gasteiger partial charge in [-0.1, -0.05) is 20.8 Å². The summed E-state index contributed by atoms with van der Waals surface area (Å²) in [5.41, 5.74) is 2.08. The molecule has 0 unspecified atom stereocenters. The van der Waals surface area contributed by atoms with Gasteiger partial charge in [-0.25, -0.2) is 9.97 Å². The van der Waals surface area contributed by atoms with Crippen LogP contribution >= 0.6 is 0 Å². The highest BCUT2D eigenvalue weighted by Gasteiger charge is 2.22. The van der Waals surface area contributed by atoms with Crippen molar-refractivity contribution in [2.45, 2.75) is 39.2 Å². The molecule has 0 amide bonds. The molecular formula is C22H32N4O2. The maximum atomic E-state index is 5.33. The first kappa shape index (κ1) is 20.4. The summed E-state index contributed by atoms with van der Waals surface area (Å²) in [6, 6.07) is 10.4. The lowest BCUT2D eigenvalue weighted by Crippen LogP contribution is -2.32. The van der Waals surface area contributed by atoms with E-state index in [9.17, 15) is 0 Å². The summed E-state index contributed by atoms with van der Waals surface area (Å²) in [7, 11) is 3.40. The molecule has 1 fully saturated rings. The Morgan fingerprint density at radius 3 is 2.25 bits per heavy atom. The van der Waals surface area contributed by atoms with Crippen LogP contribution in [0.1, 0.15) is 38.7 Å². The molecule has 152 valence electrons. The third-order valence-electron chi connectivity index (χ3n) is 4.99. The van der Waals surface area contributed by atoms with Crippen molar-refractivity contribution >= 4 is 11.5 Å². The Morgan fingerprint density at radius 1 is 0.929 bits per heavy atom. The smallest absolute Gasteiger partial charge is 0.136 e. The second-order valence-electron chi connectivity index (χ2n) is 8.25. The van der Waals surface area contributed by atoms with E-state index < -0.39 is 0 Å². The molecule has 0 radical (unpaired) electrons. The Bertz CT molecular complexity index is 771. The molecule has 2 heterocycles. The third-order valence-corrected chi connectivity index (χ3v) is 4.99. The number of aromatic nitrogens is 2. The minimum absolute atomic E-state index is 0.0977. The van der Waals surface area contributed by atoms with Crippen LogP contribution in [0.5, 0.6) is 5.75 Å². The van der Waals surface area contributed by atoms with E-state index in [1.807, 2.05) is 12.1 Å². The number of anilines is 2. The van der Waals surface area contributed by atoms with Crippen molar-refractivity contribution < 1.29 is 9.47 Å². The van der Waals surface area contributed by atoms with E-state index in [-0.39, 0.29) is 5.41 Å². The van der Waals surface area contributed by atoms with Gasteiger partial charge in [-0.2, -0.15) is 0 Å². The van der Waals surface area contributed by atoms with Crippen molar-refractivity contribution in [3.05, 3.63) is 41.9 Å². The van der Waals surface area contributed by atoms with Gasteiger partial charge in [-0.05, 0) is 30.7 Å². The van der Waals surface area contributed by atoms with E-state index in [0.717, 1.165) is 55.7 Å². The van der Waals surface area contributed by atoms with Crippen molar-refractivity contribution in [2.24, 2.45) is 0 Å². The van der Waals surface area contributed by atoms with Gasteiger partial charge in [0.2, 0.25) is 0 Å². The van der Waals surface area contributed by atoms with Crippen LogP contribution in [0, 0.1) is 0 Å². The van der Waals surface area contributed by atoms with E-state index >= 15 is 0 Å². The van der Waals surface area contributed by atoms with Crippen molar-refractivity contribution in [1.29, 1.82) is 0 Å². The van der Waals surface area contributed by atoms with Crippen molar-refractivity contribution in [2.75, 3.05) is 50.2 Å². The molecule has 1 saturated heterocycles. The van der Waals surface area contributed by atoms with Crippen LogP contribution in [-0.2, 0) is 16.8 Å². The molecule has 0 N–H and O–H groups in total. The summed E-state index contributed by atoms with van der Waals surface area (Å²) in [5.74, 6) is 2.76. The first-order valence-corrected chi connectivity index (χ1v) is 9.92. The molecule has 6 heteroatoms. The zero-order chi connectivity index (χ0) is 20.1. The van der Waals surface area contributed by atoms with Gasteiger partial charge in [-0.3, -0.25) is 0 Å². The second kappa shape index (κ2) is 8.78. The maximum Gasteiger partial charge on any atom is 0.136 e. The van der Waals surface area contributed by atoms with Gasteiger partial charge in [0, 0.05) is 50.5 Å². The number of methoxy groups -OCH3 is 2. The predicted molar refractivity (Wildman–Crippen MR) is 113 cm³/mol. The lowest BCUT2D eigenvalue weighted by molar-refractivity contribution is 0.181. The van der Waals surface area contributed by atoms with Crippen molar-refractivity contribution in [3.8, 4) is 5.75 Å². The van der Waals surface area contributed by atoms with Gasteiger partial charge in [0.1, 0.15) is 17.4 Å². The highest BCUT2D eigenvalue weighted by molar-refractivity contribution is 5.50. The first-order chi connectivity index (χ1) is 13.4. The fourth-order valence-corrected chi connectivity index (χ4v) is 3.40. The Hall–Kier alpha value is -2.34. The summed E-state index contributed by atoms with van der Waals surface area (Å²) in [6.45, 7) is 10.9. The van der Waals surface area contributed by atoms with E-state index in [2.05, 4.69) is 48.8 Å². The quantitative estimate of drug-likeness (QED) is 0.784. The Balaban J connectivity index is 1.78. The maximum absolute atomic E-state index is 5.33. The van der Waals surface area contributed by atoms with Crippen molar-refractivity contribution in [1.82, 2.24) is 9.97 Å². The molecule has 0 aliphatic carbocycles. The first-order valence-electron chi connectivity index (χ1n) is 9.92. The average molecular weight is 385 g/mol. The number of hydrogen-bond donors (Lipinski definition) is 0. The molecule has 0 atom stereocenters. The third kappa shape index (κ3) is 4.93. The van der Waals surface area contributed by atoms with Crippen molar-refractivity contribution in [3.63, 3.8) is 0 Å². The van der Waals surface area contributed by atoms with Crippen LogP contribution < -0.4 is 14.5 Å². The van der Waals surface area contributed by atoms with Gasteiger partial charge in [0.25, 0.3) is 0 Å². The molecule has 1 aliphatic heterocycles. The van der Waals surface area contributed by atoms with Gasteiger partial charge >= 0.3 is 0 Å². The monoisotopic (exact) mass is 384 g/mol. The lowest BCUT2D eigenvalue weighted by atomic mass is 9.95. The summed E-state index contributed by atoms with van der Waals surface area (Å²) in [5, 5.41) is 0. The average Bonchev–Trinajstić information content (AvgIpc) is 2.94. The van der Waals surface area contributed by atoms with Crippen LogP contribution in [0.15, 0.2) is 30.3 Å². The molecule has 28 heavy (non-hydrogen) atoms. The van der Waals surface area contributed by atoms with Gasteiger partial charge in [0.05, 0.1) is 19.4 Å². The number of rotatable bonds is 5. The molecule has 6 nitrogen and oxygen atoms in total. The zero-order valence-electron chi connectivity index (χ0n) is 17.7. The molecule has 2 aromatic rings. The van der Waals surface area contributed by atoms with E-state index in [1.165, 1.54) is 5.69 Å². The highest BCUT2D eigenvalue weighted by atomic mass is 16.5. The molecule has 1 aliphatic rings. The molecule has 3 rings (SSSR count).